The molecule has 2 rings (SSSR count). The largest absolute Gasteiger partial charge is 0.380 e. The fourth-order valence-electron chi connectivity index (χ4n) is 2.31. The lowest BCUT2D eigenvalue weighted by Crippen LogP contribution is -2.16. The molecule has 0 aromatic carbocycles. The zero-order valence-electron chi connectivity index (χ0n) is 9.56. The number of aryl methyl sites for hydroxylation is 1. The molecule has 0 aliphatic heterocycles. The van der Waals surface area contributed by atoms with Crippen molar-refractivity contribution in [1.29, 1.82) is 0 Å². The number of rotatable bonds is 2. The third-order valence-corrected chi connectivity index (χ3v) is 3.65. The minimum atomic E-state index is 0.452. The van der Waals surface area contributed by atoms with Gasteiger partial charge in [-0.05, 0) is 43.7 Å². The number of nitrogens with one attached hydrogen (secondary N) is 1. The zero-order valence-corrected chi connectivity index (χ0v) is 11.1. The second kappa shape index (κ2) is 4.80. The molecule has 0 spiro atoms. The molecule has 1 heterocycles. The van der Waals surface area contributed by atoms with Gasteiger partial charge in [0, 0.05) is 6.04 Å². The SMILES string of the molecule is Cc1cc(Cl)nc(Cl)c1NC1CCC(C)C1. The van der Waals surface area contributed by atoms with Crippen molar-refractivity contribution in [3.63, 3.8) is 0 Å². The molecular weight excluding hydrogens is 243 g/mol. The van der Waals surface area contributed by atoms with E-state index in [1.54, 1.807) is 0 Å². The first-order valence-corrected chi connectivity index (χ1v) is 6.41. The number of aromatic nitrogens is 1. The van der Waals surface area contributed by atoms with Gasteiger partial charge >= 0.3 is 0 Å². The molecule has 4 heteroatoms. The highest BCUT2D eigenvalue weighted by molar-refractivity contribution is 6.34. The molecule has 2 unspecified atom stereocenters. The molecule has 0 bridgehead atoms. The van der Waals surface area contributed by atoms with E-state index in [0.717, 1.165) is 17.2 Å². The molecule has 2 nitrogen and oxygen atoms in total. The Hall–Kier alpha value is -0.470. The number of anilines is 1. The number of hydrogen-bond acceptors (Lipinski definition) is 2. The average Bonchev–Trinajstić information content (AvgIpc) is 2.58. The van der Waals surface area contributed by atoms with Crippen LogP contribution in [0, 0.1) is 12.8 Å². The zero-order chi connectivity index (χ0) is 11.7. The van der Waals surface area contributed by atoms with Gasteiger partial charge in [0.05, 0.1) is 5.69 Å². The van der Waals surface area contributed by atoms with Crippen LogP contribution in [0.5, 0.6) is 0 Å². The van der Waals surface area contributed by atoms with E-state index in [4.69, 9.17) is 23.2 Å². The second-order valence-electron chi connectivity index (χ2n) is 4.69. The van der Waals surface area contributed by atoms with Crippen LogP contribution in [0.2, 0.25) is 10.3 Å². The fourth-order valence-corrected chi connectivity index (χ4v) is 2.90. The first-order valence-electron chi connectivity index (χ1n) is 5.65. The monoisotopic (exact) mass is 258 g/mol. The van der Waals surface area contributed by atoms with Gasteiger partial charge < -0.3 is 5.32 Å². The molecule has 0 saturated heterocycles. The van der Waals surface area contributed by atoms with Gasteiger partial charge in [0.15, 0.2) is 5.15 Å². The highest BCUT2D eigenvalue weighted by Gasteiger charge is 2.22. The summed E-state index contributed by atoms with van der Waals surface area (Å²) in [5.41, 5.74) is 2.00. The van der Waals surface area contributed by atoms with Gasteiger partial charge in [0.1, 0.15) is 5.15 Å². The summed E-state index contributed by atoms with van der Waals surface area (Å²) in [6.07, 6.45) is 3.70. The van der Waals surface area contributed by atoms with Crippen molar-refractivity contribution in [2.75, 3.05) is 5.32 Å². The van der Waals surface area contributed by atoms with E-state index in [2.05, 4.69) is 17.2 Å². The molecule has 0 radical (unpaired) electrons. The molecule has 88 valence electrons. The van der Waals surface area contributed by atoms with Crippen LogP contribution in [0.15, 0.2) is 6.07 Å². The van der Waals surface area contributed by atoms with Crippen LogP contribution in [-0.2, 0) is 0 Å². The smallest absolute Gasteiger partial charge is 0.154 e. The third-order valence-electron chi connectivity index (χ3n) is 3.18. The van der Waals surface area contributed by atoms with Gasteiger partial charge in [-0.25, -0.2) is 4.98 Å². The maximum absolute atomic E-state index is 6.09. The maximum Gasteiger partial charge on any atom is 0.154 e. The van der Waals surface area contributed by atoms with E-state index >= 15 is 0 Å². The Bertz CT molecular complexity index is 370. The van der Waals surface area contributed by atoms with Crippen molar-refractivity contribution in [3.05, 3.63) is 21.9 Å². The van der Waals surface area contributed by atoms with Crippen molar-refractivity contribution < 1.29 is 0 Å². The maximum atomic E-state index is 6.09. The van der Waals surface area contributed by atoms with Gasteiger partial charge in [-0.3, -0.25) is 0 Å². The molecule has 1 fully saturated rings. The average molecular weight is 259 g/mol. The number of halogens is 2. The Kier molecular flexibility index (Phi) is 3.60. The highest BCUT2D eigenvalue weighted by Crippen LogP contribution is 2.32. The number of pyridine rings is 1. The van der Waals surface area contributed by atoms with Gasteiger partial charge in [0.25, 0.3) is 0 Å². The Balaban J connectivity index is 2.15. The van der Waals surface area contributed by atoms with E-state index in [1.165, 1.54) is 19.3 Å². The van der Waals surface area contributed by atoms with Crippen LogP contribution < -0.4 is 5.32 Å². The van der Waals surface area contributed by atoms with E-state index in [-0.39, 0.29) is 0 Å². The van der Waals surface area contributed by atoms with Gasteiger partial charge in [-0.2, -0.15) is 0 Å². The van der Waals surface area contributed by atoms with Crippen LogP contribution in [0.4, 0.5) is 5.69 Å². The Morgan fingerprint density at radius 3 is 2.69 bits per heavy atom. The van der Waals surface area contributed by atoms with Crippen LogP contribution in [0.25, 0.3) is 0 Å². The van der Waals surface area contributed by atoms with E-state index in [9.17, 15) is 0 Å². The molecule has 1 aromatic rings. The first-order chi connectivity index (χ1) is 7.56. The summed E-state index contributed by atoms with van der Waals surface area (Å²) in [5.74, 6) is 0.803. The van der Waals surface area contributed by atoms with Crippen molar-refractivity contribution in [2.45, 2.75) is 39.2 Å². The lowest BCUT2D eigenvalue weighted by atomic mass is 10.1. The minimum absolute atomic E-state index is 0.452. The number of nitrogens with zero attached hydrogens (tertiary/aromatic N) is 1. The summed E-state index contributed by atoms with van der Waals surface area (Å²) >= 11 is 11.9. The highest BCUT2D eigenvalue weighted by atomic mass is 35.5. The first kappa shape index (κ1) is 12.0. The van der Waals surface area contributed by atoms with Gasteiger partial charge in [-0.1, -0.05) is 30.1 Å². The predicted molar refractivity (Wildman–Crippen MR) is 69.4 cm³/mol. The van der Waals surface area contributed by atoms with Gasteiger partial charge in [-0.15, -0.1) is 0 Å². The molecule has 1 N–H and O–H groups in total. The van der Waals surface area contributed by atoms with E-state index < -0.39 is 0 Å². The summed E-state index contributed by atoms with van der Waals surface area (Å²) in [5, 5.41) is 4.41. The molecule has 1 aliphatic rings. The topological polar surface area (TPSA) is 24.9 Å². The molecule has 16 heavy (non-hydrogen) atoms. The van der Waals surface area contributed by atoms with Crippen molar-refractivity contribution in [1.82, 2.24) is 4.98 Å². The van der Waals surface area contributed by atoms with Crippen LogP contribution in [0.3, 0.4) is 0 Å². The summed E-state index contributed by atoms with van der Waals surface area (Å²) in [4.78, 5) is 4.06. The van der Waals surface area contributed by atoms with E-state index in [1.807, 2.05) is 13.0 Å². The second-order valence-corrected chi connectivity index (χ2v) is 5.43. The lowest BCUT2D eigenvalue weighted by molar-refractivity contribution is 0.602. The third kappa shape index (κ3) is 2.61. The molecule has 0 amide bonds. The standard InChI is InChI=1S/C12H16Cl2N2/c1-7-3-4-9(5-7)15-11-8(2)6-10(13)16-12(11)14/h6-7,9,15H,3-5H2,1-2H3. The van der Waals surface area contributed by atoms with Crippen molar-refractivity contribution in [3.8, 4) is 0 Å². The van der Waals surface area contributed by atoms with Crippen molar-refractivity contribution >= 4 is 28.9 Å². The molecule has 1 saturated carbocycles. The summed E-state index contributed by atoms with van der Waals surface area (Å²) in [7, 11) is 0. The Morgan fingerprint density at radius 2 is 2.12 bits per heavy atom. The predicted octanol–water partition coefficient (Wildman–Crippen LogP) is 4.30. The summed E-state index contributed by atoms with van der Waals surface area (Å²) in [6.45, 7) is 4.29. The number of hydrogen-bond donors (Lipinski definition) is 1. The molecular formula is C12H16Cl2N2. The van der Waals surface area contributed by atoms with E-state index in [0.29, 0.717) is 16.3 Å². The van der Waals surface area contributed by atoms with Crippen LogP contribution in [0.1, 0.15) is 31.7 Å². The molecule has 2 atom stereocenters. The quantitative estimate of drug-likeness (QED) is 0.801. The lowest BCUT2D eigenvalue weighted by Gasteiger charge is -2.17. The van der Waals surface area contributed by atoms with Crippen LogP contribution in [-0.4, -0.2) is 11.0 Å². The Labute approximate surface area is 106 Å². The van der Waals surface area contributed by atoms with Crippen molar-refractivity contribution in [2.24, 2.45) is 5.92 Å². The molecule has 1 aromatic heterocycles. The summed E-state index contributed by atoms with van der Waals surface area (Å²) in [6, 6.07) is 2.36. The normalized spacial score (nSPS) is 24.8. The fraction of sp³-hybridized carbons (Fsp3) is 0.583. The minimum Gasteiger partial charge on any atom is -0.380 e. The molecule has 1 aliphatic carbocycles. The van der Waals surface area contributed by atoms with Gasteiger partial charge in [0.2, 0.25) is 0 Å². The van der Waals surface area contributed by atoms with Crippen LogP contribution >= 0.6 is 23.2 Å². The summed E-state index contributed by atoms with van der Waals surface area (Å²) < 4.78 is 0. The Morgan fingerprint density at radius 1 is 1.38 bits per heavy atom.